The first-order valence-corrected chi connectivity index (χ1v) is 14.3. The number of nitrogens with zero attached hydrogens (tertiary/aromatic N) is 3. The number of methoxy groups -OCH3 is 1. The first-order chi connectivity index (χ1) is 18.9. The van der Waals surface area contributed by atoms with Crippen molar-refractivity contribution in [3.05, 3.63) is 69.3 Å². The summed E-state index contributed by atoms with van der Waals surface area (Å²) in [7, 11) is 1.57. The summed E-state index contributed by atoms with van der Waals surface area (Å²) in [5, 5.41) is 3.86. The number of carbonyl (C=O) groups excluding carboxylic acids is 2. The van der Waals surface area contributed by atoms with Crippen LogP contribution in [0.4, 0.5) is 5.69 Å². The van der Waals surface area contributed by atoms with Crippen molar-refractivity contribution < 1.29 is 19.1 Å². The lowest BCUT2D eigenvalue weighted by Crippen LogP contribution is -2.34. The van der Waals surface area contributed by atoms with E-state index < -0.39 is 0 Å². The number of benzene rings is 2. The van der Waals surface area contributed by atoms with Crippen LogP contribution in [0, 0.1) is 0 Å². The fourth-order valence-electron chi connectivity index (χ4n) is 4.50. The van der Waals surface area contributed by atoms with Crippen LogP contribution in [0.3, 0.4) is 0 Å². The van der Waals surface area contributed by atoms with Crippen LogP contribution in [-0.4, -0.2) is 52.3 Å². The van der Waals surface area contributed by atoms with Gasteiger partial charge in [-0.1, -0.05) is 17.8 Å². The molecule has 2 aromatic carbocycles. The zero-order valence-corrected chi connectivity index (χ0v) is 23.5. The fourth-order valence-corrected chi connectivity index (χ4v) is 6.58. The highest BCUT2D eigenvalue weighted by Crippen LogP contribution is 2.34. The predicted molar refractivity (Wildman–Crippen MR) is 154 cm³/mol. The average molecular weight is 565 g/mol. The van der Waals surface area contributed by atoms with Crippen LogP contribution in [0.15, 0.2) is 58.5 Å². The molecule has 0 spiro atoms. The van der Waals surface area contributed by atoms with Crippen molar-refractivity contribution in [3.63, 3.8) is 0 Å². The fraction of sp³-hybridized carbons (Fsp3) is 0.286. The van der Waals surface area contributed by atoms with Gasteiger partial charge in [0.25, 0.3) is 5.56 Å². The van der Waals surface area contributed by atoms with Gasteiger partial charge >= 0.3 is 0 Å². The number of thiophene rings is 1. The number of thioether (sulfide) groups is 1. The normalized spacial score (nSPS) is 12.7. The zero-order valence-electron chi connectivity index (χ0n) is 21.9. The van der Waals surface area contributed by atoms with Gasteiger partial charge in [-0.3, -0.25) is 19.0 Å². The van der Waals surface area contributed by atoms with E-state index in [-0.39, 0.29) is 23.1 Å². The van der Waals surface area contributed by atoms with E-state index >= 15 is 0 Å². The second-order valence-electron chi connectivity index (χ2n) is 8.91. The first-order valence-electron chi connectivity index (χ1n) is 12.5. The van der Waals surface area contributed by atoms with Crippen LogP contribution in [0.2, 0.25) is 0 Å². The summed E-state index contributed by atoms with van der Waals surface area (Å²) in [6.45, 7) is 5.07. The molecule has 5 rings (SSSR count). The maximum absolute atomic E-state index is 14.0. The van der Waals surface area contributed by atoms with E-state index in [4.69, 9.17) is 14.5 Å². The summed E-state index contributed by atoms with van der Waals surface area (Å²) in [5.74, 6) is 1.18. The van der Waals surface area contributed by atoms with E-state index in [1.807, 2.05) is 19.1 Å². The third-order valence-electron chi connectivity index (χ3n) is 6.38. The lowest BCUT2D eigenvalue weighted by Gasteiger charge is -2.25. The molecule has 0 fully saturated rings. The van der Waals surface area contributed by atoms with Crippen molar-refractivity contribution in [2.24, 2.45) is 0 Å². The second kappa shape index (κ2) is 11.5. The van der Waals surface area contributed by atoms with Gasteiger partial charge in [-0.2, -0.15) is 0 Å². The van der Waals surface area contributed by atoms with Crippen LogP contribution >= 0.6 is 23.1 Å². The molecule has 9 nitrogen and oxygen atoms in total. The Bertz CT molecular complexity index is 1600. The number of hydrogen-bond acceptors (Lipinski definition) is 8. The molecular weight excluding hydrogens is 536 g/mol. The number of hydrogen-bond donors (Lipinski definition) is 1. The summed E-state index contributed by atoms with van der Waals surface area (Å²) >= 11 is 2.62. The van der Waals surface area contributed by atoms with E-state index in [0.717, 1.165) is 16.2 Å². The Balaban J connectivity index is 1.48. The molecule has 0 atom stereocenters. The lowest BCUT2D eigenvalue weighted by molar-refractivity contribution is -0.129. The molecule has 0 saturated carbocycles. The maximum atomic E-state index is 14.0. The molecule has 4 aromatic rings. The molecule has 2 aromatic heterocycles. The van der Waals surface area contributed by atoms with Gasteiger partial charge < -0.3 is 19.7 Å². The van der Waals surface area contributed by atoms with E-state index in [9.17, 15) is 14.4 Å². The molecule has 202 valence electrons. The molecule has 1 aliphatic heterocycles. The quantitative estimate of drug-likeness (QED) is 0.249. The minimum atomic E-state index is -0.224. The summed E-state index contributed by atoms with van der Waals surface area (Å²) in [4.78, 5) is 47.0. The zero-order chi connectivity index (χ0) is 27.5. The summed E-state index contributed by atoms with van der Waals surface area (Å²) in [5.41, 5.74) is 2.01. The third-order valence-corrected chi connectivity index (χ3v) is 8.43. The number of fused-ring (bicyclic) bond motifs is 3. The summed E-state index contributed by atoms with van der Waals surface area (Å²) < 4.78 is 12.4. The van der Waals surface area contributed by atoms with Crippen LogP contribution < -0.4 is 20.3 Å². The van der Waals surface area contributed by atoms with Crippen LogP contribution in [0.25, 0.3) is 15.9 Å². The van der Waals surface area contributed by atoms with Gasteiger partial charge in [0.2, 0.25) is 11.8 Å². The molecule has 1 aliphatic rings. The molecule has 0 bridgehead atoms. The van der Waals surface area contributed by atoms with Gasteiger partial charge in [0, 0.05) is 30.1 Å². The monoisotopic (exact) mass is 564 g/mol. The average Bonchev–Trinajstić information content (AvgIpc) is 3.31. The minimum absolute atomic E-state index is 0.00893. The number of anilines is 1. The molecule has 0 unspecified atom stereocenters. The topological polar surface area (TPSA) is 103 Å². The van der Waals surface area contributed by atoms with Gasteiger partial charge in [0.15, 0.2) is 5.16 Å². The van der Waals surface area contributed by atoms with Crippen molar-refractivity contribution in [1.29, 1.82) is 0 Å². The highest BCUT2D eigenvalue weighted by Gasteiger charge is 2.27. The number of rotatable bonds is 8. The number of ether oxygens (including phenoxy) is 2. The number of carbonyl (C=O) groups is 2. The van der Waals surface area contributed by atoms with Crippen molar-refractivity contribution in [2.75, 3.05) is 31.3 Å². The lowest BCUT2D eigenvalue weighted by atomic mass is 10.1. The van der Waals surface area contributed by atoms with Gasteiger partial charge in [-0.05, 0) is 55.3 Å². The molecule has 0 saturated heterocycles. The van der Waals surface area contributed by atoms with E-state index in [1.54, 1.807) is 59.9 Å². The smallest absolute Gasteiger partial charge is 0.267 e. The molecule has 0 aliphatic carbocycles. The Hall–Kier alpha value is -3.83. The Labute approximate surface area is 233 Å². The first kappa shape index (κ1) is 26.8. The largest absolute Gasteiger partial charge is 0.497 e. The van der Waals surface area contributed by atoms with Gasteiger partial charge in [0.05, 0.1) is 37.1 Å². The van der Waals surface area contributed by atoms with Gasteiger partial charge in [-0.25, -0.2) is 4.98 Å². The number of aromatic nitrogens is 2. The molecule has 1 N–H and O–H groups in total. The summed E-state index contributed by atoms with van der Waals surface area (Å²) in [6.07, 6.45) is 0.598. The Morgan fingerprint density at radius 2 is 1.95 bits per heavy atom. The molecule has 3 heterocycles. The Kier molecular flexibility index (Phi) is 7.89. The van der Waals surface area contributed by atoms with Gasteiger partial charge in [0.1, 0.15) is 16.3 Å². The third kappa shape index (κ3) is 5.64. The van der Waals surface area contributed by atoms with Crippen molar-refractivity contribution >= 4 is 50.8 Å². The molecule has 0 radical (unpaired) electrons. The summed E-state index contributed by atoms with van der Waals surface area (Å²) in [6, 6.07) is 14.4. The van der Waals surface area contributed by atoms with Crippen molar-refractivity contribution in [1.82, 2.24) is 14.5 Å². The molecule has 39 heavy (non-hydrogen) atoms. The molecule has 2 amide bonds. The van der Waals surface area contributed by atoms with E-state index in [0.29, 0.717) is 58.6 Å². The Morgan fingerprint density at radius 1 is 1.15 bits per heavy atom. The number of amides is 2. The molecule has 11 heteroatoms. The highest BCUT2D eigenvalue weighted by molar-refractivity contribution is 7.99. The van der Waals surface area contributed by atoms with Crippen molar-refractivity contribution in [2.45, 2.75) is 32.0 Å². The van der Waals surface area contributed by atoms with Gasteiger partial charge in [-0.15, -0.1) is 11.3 Å². The van der Waals surface area contributed by atoms with Crippen LogP contribution in [0.5, 0.6) is 11.5 Å². The van der Waals surface area contributed by atoms with Crippen LogP contribution in [-0.2, 0) is 22.6 Å². The predicted octanol–water partition coefficient (Wildman–Crippen LogP) is 4.49. The van der Waals surface area contributed by atoms with E-state index in [1.165, 1.54) is 23.1 Å². The second-order valence-corrected chi connectivity index (χ2v) is 10.9. The number of nitrogens with one attached hydrogen (secondary N) is 1. The minimum Gasteiger partial charge on any atom is -0.497 e. The highest BCUT2D eigenvalue weighted by atomic mass is 32.2. The maximum Gasteiger partial charge on any atom is 0.267 e. The van der Waals surface area contributed by atoms with Crippen molar-refractivity contribution in [3.8, 4) is 17.2 Å². The Morgan fingerprint density at radius 3 is 2.67 bits per heavy atom. The standard InChI is InChI=1S/C28H28N4O5S2/c1-4-37-20-10-8-18(9-11-20)29-24(34)16-38-28-30-26-25(22-12-13-31(17(2)33)15-23(22)39-26)27(35)32(28)19-6-5-7-21(14-19)36-3/h5-11,14H,4,12-13,15-16H2,1-3H3,(H,29,34). The SMILES string of the molecule is CCOc1ccc(NC(=O)CSc2nc3sc4c(c3c(=O)n2-c2cccc(OC)c2)CCN(C(C)=O)C4)cc1. The van der Waals surface area contributed by atoms with Crippen LogP contribution in [0.1, 0.15) is 24.3 Å². The molecular formula is C28H28N4O5S2. The van der Waals surface area contributed by atoms with E-state index in [2.05, 4.69) is 5.32 Å².